The third-order valence-electron chi connectivity index (χ3n) is 5.58. The number of morpholine rings is 1. The Morgan fingerprint density at radius 3 is 2.61 bits per heavy atom. The Kier molecular flexibility index (Phi) is 7.21. The van der Waals surface area contributed by atoms with Crippen LogP contribution in [-0.4, -0.2) is 66.7 Å². The number of benzene rings is 1. The van der Waals surface area contributed by atoms with E-state index in [-0.39, 0.29) is 31.1 Å². The van der Waals surface area contributed by atoms with Gasteiger partial charge >= 0.3 is 0 Å². The van der Waals surface area contributed by atoms with Crippen molar-refractivity contribution in [2.24, 2.45) is 0 Å². The molecular weight excluding hydrogens is 356 g/mol. The zero-order valence-corrected chi connectivity index (χ0v) is 16.8. The van der Waals surface area contributed by atoms with Gasteiger partial charge in [0.2, 0.25) is 5.91 Å². The van der Waals surface area contributed by atoms with E-state index in [0.29, 0.717) is 25.3 Å². The molecule has 0 aromatic heterocycles. The minimum atomic E-state index is -1.00. The quantitative estimate of drug-likeness (QED) is 0.663. The van der Waals surface area contributed by atoms with Crippen molar-refractivity contribution in [1.82, 2.24) is 10.2 Å². The van der Waals surface area contributed by atoms with E-state index >= 15 is 0 Å². The van der Waals surface area contributed by atoms with Gasteiger partial charge in [-0.05, 0) is 49.8 Å². The number of ketones is 1. The van der Waals surface area contributed by atoms with Crippen LogP contribution in [0.25, 0.3) is 0 Å². The zero-order valence-electron chi connectivity index (χ0n) is 16.8. The van der Waals surface area contributed by atoms with E-state index < -0.39 is 5.60 Å². The number of β-amino-alcohol motifs (C(OH)–C–C–N with tert-alkyl or cyclic N) is 1. The average molecular weight is 389 g/mol. The normalized spacial score (nSPS) is 19.5. The summed E-state index contributed by atoms with van der Waals surface area (Å²) < 4.78 is 5.31. The second kappa shape index (κ2) is 9.63. The van der Waals surface area contributed by atoms with Crippen molar-refractivity contribution in [3.63, 3.8) is 0 Å². The van der Waals surface area contributed by atoms with Crippen LogP contribution in [0.3, 0.4) is 0 Å². The van der Waals surface area contributed by atoms with Crippen LogP contribution in [0.4, 0.5) is 0 Å². The lowest BCUT2D eigenvalue weighted by Gasteiger charge is -2.33. The molecule has 28 heavy (non-hydrogen) atoms. The molecule has 0 radical (unpaired) electrons. The molecule has 1 fully saturated rings. The standard InChI is InChI=1S/C22H32N2O4/c1-22(27,16-24-10-12-28-13-11-24)15-23-21(26)9-8-20(25)19-7-6-17-4-2-3-5-18(17)14-19/h6-7,14,27H,2-5,8-13,15-16H2,1H3,(H,23,26). The number of aryl methyl sites for hydroxylation is 2. The van der Waals surface area contributed by atoms with Crippen molar-refractivity contribution in [2.75, 3.05) is 39.4 Å². The van der Waals surface area contributed by atoms with E-state index in [1.165, 1.54) is 24.0 Å². The lowest BCUT2D eigenvalue weighted by Crippen LogP contribution is -2.51. The topological polar surface area (TPSA) is 78.9 Å². The lowest BCUT2D eigenvalue weighted by molar-refractivity contribution is -0.122. The molecule has 1 heterocycles. The number of carbonyl (C=O) groups excluding carboxylic acids is 2. The van der Waals surface area contributed by atoms with Gasteiger partial charge in [0.15, 0.2) is 5.78 Å². The number of Topliss-reactive ketones (excluding diaryl/α,β-unsaturated/α-hetero) is 1. The molecule has 2 N–H and O–H groups in total. The van der Waals surface area contributed by atoms with Crippen molar-refractivity contribution in [2.45, 2.75) is 51.0 Å². The summed E-state index contributed by atoms with van der Waals surface area (Å²) in [6.45, 7) is 5.32. The van der Waals surface area contributed by atoms with Gasteiger partial charge in [0, 0.05) is 44.6 Å². The second-order valence-electron chi connectivity index (χ2n) is 8.28. The van der Waals surface area contributed by atoms with E-state index in [1.807, 2.05) is 12.1 Å². The Morgan fingerprint density at radius 2 is 1.86 bits per heavy atom. The summed E-state index contributed by atoms with van der Waals surface area (Å²) in [5.41, 5.74) is 2.33. The molecule has 0 spiro atoms. The minimum absolute atomic E-state index is 0.00333. The summed E-state index contributed by atoms with van der Waals surface area (Å²) in [6, 6.07) is 5.95. The maximum atomic E-state index is 12.5. The minimum Gasteiger partial charge on any atom is -0.387 e. The highest BCUT2D eigenvalue weighted by Crippen LogP contribution is 2.23. The zero-order chi connectivity index (χ0) is 20.0. The number of rotatable bonds is 8. The first kappa shape index (κ1) is 21.0. The van der Waals surface area contributed by atoms with Crippen molar-refractivity contribution in [1.29, 1.82) is 0 Å². The number of nitrogens with one attached hydrogen (secondary N) is 1. The third-order valence-corrected chi connectivity index (χ3v) is 5.58. The molecule has 1 aromatic carbocycles. The van der Waals surface area contributed by atoms with Crippen LogP contribution in [0.15, 0.2) is 18.2 Å². The van der Waals surface area contributed by atoms with Gasteiger partial charge in [0.1, 0.15) is 0 Å². The van der Waals surface area contributed by atoms with E-state index in [9.17, 15) is 14.7 Å². The summed E-state index contributed by atoms with van der Waals surface area (Å²) >= 11 is 0. The fourth-order valence-corrected chi connectivity index (χ4v) is 3.95. The van der Waals surface area contributed by atoms with Crippen LogP contribution in [0.1, 0.15) is 54.1 Å². The Bertz CT molecular complexity index is 696. The second-order valence-corrected chi connectivity index (χ2v) is 8.28. The Labute approximate surface area is 167 Å². The Balaban J connectivity index is 1.41. The van der Waals surface area contributed by atoms with Crippen molar-refractivity contribution in [3.05, 3.63) is 34.9 Å². The van der Waals surface area contributed by atoms with Crippen LogP contribution in [0.2, 0.25) is 0 Å². The number of fused-ring (bicyclic) bond motifs is 1. The molecule has 1 atom stereocenters. The molecular formula is C22H32N2O4. The van der Waals surface area contributed by atoms with E-state index in [0.717, 1.165) is 25.9 Å². The van der Waals surface area contributed by atoms with Crippen molar-refractivity contribution >= 4 is 11.7 Å². The summed E-state index contributed by atoms with van der Waals surface area (Å²) in [7, 11) is 0. The molecule has 1 aliphatic carbocycles. The number of carbonyl (C=O) groups is 2. The van der Waals surface area contributed by atoms with Gasteiger partial charge in [-0.3, -0.25) is 14.5 Å². The van der Waals surface area contributed by atoms with Crippen LogP contribution >= 0.6 is 0 Å². The predicted molar refractivity (Wildman–Crippen MR) is 108 cm³/mol. The molecule has 1 unspecified atom stereocenters. The highest BCUT2D eigenvalue weighted by molar-refractivity contribution is 5.98. The number of ether oxygens (including phenoxy) is 1. The monoisotopic (exact) mass is 388 g/mol. The summed E-state index contributed by atoms with van der Waals surface area (Å²) in [5.74, 6) is -0.197. The highest BCUT2D eigenvalue weighted by atomic mass is 16.5. The largest absolute Gasteiger partial charge is 0.387 e. The van der Waals surface area contributed by atoms with Gasteiger partial charge in [-0.2, -0.15) is 0 Å². The number of aliphatic hydroxyl groups is 1. The first-order valence-electron chi connectivity index (χ1n) is 10.4. The van der Waals surface area contributed by atoms with Crippen LogP contribution < -0.4 is 5.32 Å². The molecule has 2 aliphatic rings. The smallest absolute Gasteiger partial charge is 0.220 e. The van der Waals surface area contributed by atoms with Gasteiger partial charge in [-0.15, -0.1) is 0 Å². The Morgan fingerprint density at radius 1 is 1.14 bits per heavy atom. The number of hydrogen-bond acceptors (Lipinski definition) is 5. The number of nitrogens with zero attached hydrogens (tertiary/aromatic N) is 1. The van der Waals surface area contributed by atoms with Gasteiger partial charge in [-0.25, -0.2) is 0 Å². The number of amides is 1. The predicted octanol–water partition coefficient (Wildman–Crippen LogP) is 1.73. The molecule has 1 amide bonds. The molecule has 154 valence electrons. The van der Waals surface area contributed by atoms with Gasteiger partial charge in [-0.1, -0.05) is 12.1 Å². The summed E-state index contributed by atoms with van der Waals surface area (Å²) in [6.07, 6.45) is 4.86. The van der Waals surface area contributed by atoms with Gasteiger partial charge in [0.25, 0.3) is 0 Å². The molecule has 1 aliphatic heterocycles. The van der Waals surface area contributed by atoms with Gasteiger partial charge < -0.3 is 15.2 Å². The molecule has 1 saturated heterocycles. The number of hydrogen-bond donors (Lipinski definition) is 2. The molecule has 6 nitrogen and oxygen atoms in total. The first-order valence-corrected chi connectivity index (χ1v) is 10.4. The highest BCUT2D eigenvalue weighted by Gasteiger charge is 2.26. The summed E-state index contributed by atoms with van der Waals surface area (Å²) in [5, 5.41) is 13.3. The molecule has 0 saturated carbocycles. The average Bonchev–Trinajstić information content (AvgIpc) is 2.70. The summed E-state index contributed by atoms with van der Waals surface area (Å²) in [4.78, 5) is 26.7. The third kappa shape index (κ3) is 6.12. The van der Waals surface area contributed by atoms with E-state index in [1.54, 1.807) is 6.92 Å². The maximum Gasteiger partial charge on any atom is 0.220 e. The fraction of sp³-hybridized carbons (Fsp3) is 0.636. The van der Waals surface area contributed by atoms with Crippen molar-refractivity contribution in [3.8, 4) is 0 Å². The van der Waals surface area contributed by atoms with Crippen LogP contribution in [0.5, 0.6) is 0 Å². The first-order chi connectivity index (χ1) is 13.4. The molecule has 0 bridgehead atoms. The Hall–Kier alpha value is -1.76. The SMILES string of the molecule is CC(O)(CNC(=O)CCC(=O)c1ccc2c(c1)CCCC2)CN1CCOCC1. The fourth-order valence-electron chi connectivity index (χ4n) is 3.95. The molecule has 3 rings (SSSR count). The van der Waals surface area contributed by atoms with E-state index in [4.69, 9.17) is 4.74 Å². The molecule has 6 heteroatoms. The maximum absolute atomic E-state index is 12.5. The molecule has 1 aromatic rings. The van der Waals surface area contributed by atoms with E-state index in [2.05, 4.69) is 16.3 Å². The van der Waals surface area contributed by atoms with Gasteiger partial charge in [0.05, 0.1) is 18.8 Å². The lowest BCUT2D eigenvalue weighted by atomic mass is 9.89. The van der Waals surface area contributed by atoms with Crippen LogP contribution in [-0.2, 0) is 22.4 Å². The van der Waals surface area contributed by atoms with Crippen LogP contribution in [0, 0.1) is 0 Å². The van der Waals surface area contributed by atoms with Crippen molar-refractivity contribution < 1.29 is 19.4 Å².